The van der Waals surface area contributed by atoms with Crippen molar-refractivity contribution in [3.63, 3.8) is 0 Å². The first kappa shape index (κ1) is 16.0. The van der Waals surface area contributed by atoms with Crippen LogP contribution in [0.3, 0.4) is 0 Å². The highest BCUT2D eigenvalue weighted by Crippen LogP contribution is 2.08. The summed E-state index contributed by atoms with van der Waals surface area (Å²) in [5.41, 5.74) is 6.49. The van der Waals surface area contributed by atoms with E-state index in [-0.39, 0.29) is 11.9 Å². The van der Waals surface area contributed by atoms with E-state index in [0.717, 1.165) is 12.8 Å². The lowest BCUT2D eigenvalue weighted by Crippen LogP contribution is -2.41. The zero-order valence-electron chi connectivity index (χ0n) is 12.2. The number of carbonyl (C=O) groups excluding carboxylic acids is 2. The maximum atomic E-state index is 11.9. The van der Waals surface area contributed by atoms with Crippen LogP contribution >= 0.6 is 0 Å². The van der Waals surface area contributed by atoms with Gasteiger partial charge in [-0.3, -0.25) is 4.79 Å². The Morgan fingerprint density at radius 3 is 2.25 bits per heavy atom. The lowest BCUT2D eigenvalue weighted by atomic mass is 10.1. The van der Waals surface area contributed by atoms with Crippen molar-refractivity contribution in [3.05, 3.63) is 29.8 Å². The molecule has 1 amide bonds. The maximum Gasteiger partial charge on any atom is 0.338 e. The van der Waals surface area contributed by atoms with E-state index >= 15 is 0 Å². The third-order valence-corrected chi connectivity index (χ3v) is 3.13. The van der Waals surface area contributed by atoms with Crippen molar-refractivity contribution in [1.29, 1.82) is 0 Å². The predicted molar refractivity (Wildman–Crippen MR) is 78.2 cm³/mol. The third kappa shape index (κ3) is 4.57. The van der Waals surface area contributed by atoms with Crippen LogP contribution in [0.4, 0.5) is 5.69 Å². The van der Waals surface area contributed by atoms with Crippen LogP contribution in [-0.2, 0) is 9.53 Å². The van der Waals surface area contributed by atoms with Crippen molar-refractivity contribution >= 4 is 17.6 Å². The van der Waals surface area contributed by atoms with Crippen LogP contribution in [0.5, 0.6) is 0 Å². The zero-order valence-corrected chi connectivity index (χ0v) is 12.2. The smallest absolute Gasteiger partial charge is 0.338 e. The Hall–Kier alpha value is -2.04. The second-order valence-electron chi connectivity index (χ2n) is 4.69. The lowest BCUT2D eigenvalue weighted by Gasteiger charge is -2.18. The fourth-order valence-electron chi connectivity index (χ4n) is 1.71. The first-order valence-electron chi connectivity index (χ1n) is 6.84. The fraction of sp³-hybridized carbons (Fsp3) is 0.467. The van der Waals surface area contributed by atoms with Gasteiger partial charge in [0.25, 0.3) is 5.91 Å². The summed E-state index contributed by atoms with van der Waals surface area (Å²) in [6.45, 7) is 5.56. The molecular formula is C15H22N2O3. The standard InChI is InChI=1S/C15H22N2O3/c1-4-13(5-2)17-14(18)10(3)20-15(19)11-6-8-12(16)9-7-11/h6-10,13H,4-5,16H2,1-3H3,(H,17,18). The average molecular weight is 278 g/mol. The Kier molecular flexibility index (Phi) is 6.03. The summed E-state index contributed by atoms with van der Waals surface area (Å²) in [5, 5.41) is 2.85. The van der Waals surface area contributed by atoms with E-state index in [1.807, 2.05) is 13.8 Å². The van der Waals surface area contributed by atoms with Gasteiger partial charge >= 0.3 is 5.97 Å². The minimum atomic E-state index is -0.819. The number of amides is 1. The van der Waals surface area contributed by atoms with E-state index in [9.17, 15) is 9.59 Å². The summed E-state index contributed by atoms with van der Waals surface area (Å²) in [6, 6.07) is 6.49. The van der Waals surface area contributed by atoms with Crippen molar-refractivity contribution < 1.29 is 14.3 Å². The predicted octanol–water partition coefficient (Wildman–Crippen LogP) is 2.12. The van der Waals surface area contributed by atoms with Crippen LogP contribution < -0.4 is 11.1 Å². The van der Waals surface area contributed by atoms with E-state index in [2.05, 4.69) is 5.32 Å². The topological polar surface area (TPSA) is 81.4 Å². The molecule has 0 aliphatic carbocycles. The van der Waals surface area contributed by atoms with Gasteiger partial charge in [0.05, 0.1) is 5.56 Å². The highest BCUT2D eigenvalue weighted by atomic mass is 16.5. The average Bonchev–Trinajstić information content (AvgIpc) is 2.44. The number of benzene rings is 1. The Bertz CT molecular complexity index is 453. The minimum absolute atomic E-state index is 0.111. The van der Waals surface area contributed by atoms with Crippen LogP contribution in [0.25, 0.3) is 0 Å². The second kappa shape index (κ2) is 7.53. The molecule has 1 aromatic carbocycles. The summed E-state index contributed by atoms with van der Waals surface area (Å²) < 4.78 is 5.14. The Balaban J connectivity index is 2.56. The second-order valence-corrected chi connectivity index (χ2v) is 4.69. The normalized spacial score (nSPS) is 12.0. The number of esters is 1. The van der Waals surface area contributed by atoms with Gasteiger partial charge in [-0.1, -0.05) is 13.8 Å². The van der Waals surface area contributed by atoms with E-state index in [1.54, 1.807) is 31.2 Å². The number of rotatable bonds is 6. The van der Waals surface area contributed by atoms with Crippen molar-refractivity contribution in [3.8, 4) is 0 Å². The first-order valence-corrected chi connectivity index (χ1v) is 6.84. The van der Waals surface area contributed by atoms with E-state index in [4.69, 9.17) is 10.5 Å². The molecule has 5 heteroatoms. The van der Waals surface area contributed by atoms with Gasteiger partial charge in [0.1, 0.15) is 0 Å². The van der Waals surface area contributed by atoms with Gasteiger partial charge in [-0.25, -0.2) is 4.79 Å². The number of hydrogen-bond acceptors (Lipinski definition) is 4. The molecule has 1 unspecified atom stereocenters. The van der Waals surface area contributed by atoms with E-state index in [0.29, 0.717) is 11.3 Å². The molecule has 0 fully saturated rings. The molecule has 110 valence electrons. The van der Waals surface area contributed by atoms with Gasteiger partial charge < -0.3 is 15.8 Å². The summed E-state index contributed by atoms with van der Waals surface area (Å²) in [6.07, 6.45) is 0.877. The summed E-state index contributed by atoms with van der Waals surface area (Å²) in [7, 11) is 0. The molecule has 20 heavy (non-hydrogen) atoms. The molecule has 3 N–H and O–H groups in total. The van der Waals surface area contributed by atoms with Gasteiger partial charge in [-0.2, -0.15) is 0 Å². The number of ether oxygens (including phenoxy) is 1. The van der Waals surface area contributed by atoms with Crippen LogP contribution in [-0.4, -0.2) is 24.0 Å². The largest absolute Gasteiger partial charge is 0.449 e. The van der Waals surface area contributed by atoms with Gasteiger partial charge in [-0.05, 0) is 44.0 Å². The molecule has 0 aliphatic rings. The molecule has 0 heterocycles. The number of carbonyl (C=O) groups is 2. The Morgan fingerprint density at radius 1 is 1.20 bits per heavy atom. The number of nitrogens with two attached hydrogens (primary N) is 1. The van der Waals surface area contributed by atoms with Crippen molar-refractivity contribution in [2.24, 2.45) is 0 Å². The first-order chi connectivity index (χ1) is 9.47. The number of nitrogen functional groups attached to an aromatic ring is 1. The molecule has 1 aromatic rings. The van der Waals surface area contributed by atoms with Crippen molar-refractivity contribution in [2.45, 2.75) is 45.8 Å². The van der Waals surface area contributed by atoms with Crippen LogP contribution in [0, 0.1) is 0 Å². The van der Waals surface area contributed by atoms with Crippen LogP contribution in [0.1, 0.15) is 44.0 Å². The van der Waals surface area contributed by atoms with Gasteiger partial charge in [0, 0.05) is 11.7 Å². The van der Waals surface area contributed by atoms with Crippen molar-refractivity contribution in [1.82, 2.24) is 5.32 Å². The zero-order chi connectivity index (χ0) is 15.1. The molecule has 0 saturated carbocycles. The molecule has 0 saturated heterocycles. The van der Waals surface area contributed by atoms with Gasteiger partial charge in [-0.15, -0.1) is 0 Å². The lowest BCUT2D eigenvalue weighted by molar-refractivity contribution is -0.129. The molecule has 0 aliphatic heterocycles. The molecule has 0 spiro atoms. The Morgan fingerprint density at radius 2 is 1.75 bits per heavy atom. The molecular weight excluding hydrogens is 256 g/mol. The van der Waals surface area contributed by atoms with E-state index in [1.165, 1.54) is 0 Å². The van der Waals surface area contributed by atoms with Gasteiger partial charge in [0.2, 0.25) is 0 Å². The SMILES string of the molecule is CCC(CC)NC(=O)C(C)OC(=O)c1ccc(N)cc1. The molecule has 1 atom stereocenters. The number of anilines is 1. The highest BCUT2D eigenvalue weighted by molar-refractivity contribution is 5.92. The molecule has 5 nitrogen and oxygen atoms in total. The monoisotopic (exact) mass is 278 g/mol. The number of nitrogens with one attached hydrogen (secondary N) is 1. The molecule has 0 bridgehead atoms. The summed E-state index contributed by atoms with van der Waals surface area (Å²) >= 11 is 0. The van der Waals surface area contributed by atoms with E-state index < -0.39 is 12.1 Å². The fourth-order valence-corrected chi connectivity index (χ4v) is 1.71. The third-order valence-electron chi connectivity index (χ3n) is 3.13. The minimum Gasteiger partial charge on any atom is -0.449 e. The summed E-state index contributed by atoms with van der Waals surface area (Å²) in [4.78, 5) is 23.7. The van der Waals surface area contributed by atoms with Gasteiger partial charge in [0.15, 0.2) is 6.10 Å². The molecule has 1 rings (SSSR count). The van der Waals surface area contributed by atoms with Crippen LogP contribution in [0.15, 0.2) is 24.3 Å². The van der Waals surface area contributed by atoms with Crippen LogP contribution in [0.2, 0.25) is 0 Å². The molecule has 0 radical (unpaired) electrons. The van der Waals surface area contributed by atoms with Crippen molar-refractivity contribution in [2.75, 3.05) is 5.73 Å². The maximum absolute atomic E-state index is 11.9. The summed E-state index contributed by atoms with van der Waals surface area (Å²) in [5.74, 6) is -0.806. The quantitative estimate of drug-likeness (QED) is 0.617. The Labute approximate surface area is 119 Å². The highest BCUT2D eigenvalue weighted by Gasteiger charge is 2.20. The molecule has 0 aromatic heterocycles. The number of hydrogen-bond donors (Lipinski definition) is 2.